The molecule has 4 heteroatoms. The first-order chi connectivity index (χ1) is 6.10. The molecule has 1 rings (SSSR count). The highest BCUT2D eigenvalue weighted by atomic mass is 16.5. The van der Waals surface area contributed by atoms with Crippen molar-refractivity contribution >= 4 is 0 Å². The normalized spacial score (nSPS) is 11.4. The molecule has 0 amide bonds. The molecule has 2 N–H and O–H groups in total. The third-order valence-corrected chi connectivity index (χ3v) is 2.04. The molecule has 13 heavy (non-hydrogen) atoms. The van der Waals surface area contributed by atoms with Crippen LogP contribution in [-0.2, 0) is 5.41 Å². The summed E-state index contributed by atoms with van der Waals surface area (Å²) in [5.74, 6) is 0.525. The van der Waals surface area contributed by atoms with Crippen molar-refractivity contribution in [3.8, 4) is 5.88 Å². The number of hydrogen-bond acceptors (Lipinski definition) is 4. The topological polar surface area (TPSA) is 61.0 Å². The Labute approximate surface area is 78.1 Å². The second-order valence-electron chi connectivity index (χ2n) is 3.53. The molecule has 0 unspecified atom stereocenters. The summed E-state index contributed by atoms with van der Waals surface area (Å²) in [4.78, 5) is 8.30. The highest BCUT2D eigenvalue weighted by molar-refractivity contribution is 5.14. The third-order valence-electron chi connectivity index (χ3n) is 2.04. The Balaban J connectivity index is 2.92. The highest BCUT2D eigenvalue weighted by Gasteiger charge is 2.20. The van der Waals surface area contributed by atoms with E-state index >= 15 is 0 Å². The monoisotopic (exact) mass is 181 g/mol. The summed E-state index contributed by atoms with van der Waals surface area (Å²) in [6.07, 6.45) is 3.30. The summed E-state index contributed by atoms with van der Waals surface area (Å²) in [7, 11) is 1.57. The van der Waals surface area contributed by atoms with Gasteiger partial charge in [0.25, 0.3) is 0 Å². The van der Waals surface area contributed by atoms with Gasteiger partial charge in [0.2, 0.25) is 5.88 Å². The molecule has 0 radical (unpaired) electrons. The number of aromatic nitrogens is 2. The van der Waals surface area contributed by atoms with Gasteiger partial charge in [-0.25, -0.2) is 4.98 Å². The van der Waals surface area contributed by atoms with Crippen LogP contribution in [0.3, 0.4) is 0 Å². The lowest BCUT2D eigenvalue weighted by atomic mass is 9.90. The Morgan fingerprint density at radius 3 is 2.46 bits per heavy atom. The van der Waals surface area contributed by atoms with Gasteiger partial charge in [-0.15, -0.1) is 0 Å². The molecule has 72 valence electrons. The second kappa shape index (κ2) is 3.70. The van der Waals surface area contributed by atoms with Crippen LogP contribution in [0.2, 0.25) is 0 Å². The van der Waals surface area contributed by atoms with Crippen molar-refractivity contribution in [3.63, 3.8) is 0 Å². The minimum atomic E-state index is -0.126. The van der Waals surface area contributed by atoms with Gasteiger partial charge in [0.05, 0.1) is 25.2 Å². The zero-order valence-electron chi connectivity index (χ0n) is 8.24. The van der Waals surface area contributed by atoms with Crippen LogP contribution in [-0.4, -0.2) is 23.6 Å². The highest BCUT2D eigenvalue weighted by Crippen LogP contribution is 2.19. The van der Waals surface area contributed by atoms with E-state index in [1.165, 1.54) is 0 Å². The number of rotatable bonds is 3. The summed E-state index contributed by atoms with van der Waals surface area (Å²) in [6, 6.07) is 0. The Bertz CT molecular complexity index is 269. The molecule has 4 nitrogen and oxygen atoms in total. The fourth-order valence-corrected chi connectivity index (χ4v) is 0.876. The number of ether oxygens (including phenoxy) is 1. The molecule has 0 saturated heterocycles. The van der Waals surface area contributed by atoms with E-state index in [0.717, 1.165) is 5.69 Å². The van der Waals surface area contributed by atoms with E-state index in [0.29, 0.717) is 12.4 Å². The van der Waals surface area contributed by atoms with Crippen LogP contribution in [0.1, 0.15) is 19.5 Å². The van der Waals surface area contributed by atoms with Gasteiger partial charge < -0.3 is 10.5 Å². The first-order valence-electron chi connectivity index (χ1n) is 4.17. The van der Waals surface area contributed by atoms with Gasteiger partial charge in [-0.05, 0) is 0 Å². The first-order valence-corrected chi connectivity index (χ1v) is 4.17. The average molecular weight is 181 g/mol. The largest absolute Gasteiger partial charge is 0.480 e. The van der Waals surface area contributed by atoms with Crippen LogP contribution in [0.4, 0.5) is 0 Å². The average Bonchev–Trinajstić information content (AvgIpc) is 2.18. The maximum Gasteiger partial charge on any atom is 0.231 e. The molecule has 0 aliphatic heterocycles. The quantitative estimate of drug-likeness (QED) is 0.746. The van der Waals surface area contributed by atoms with Gasteiger partial charge in [-0.2, -0.15) is 0 Å². The molecule has 0 spiro atoms. The zero-order chi connectivity index (χ0) is 9.90. The molecule has 0 fully saturated rings. The molecule has 0 bridgehead atoms. The Hall–Kier alpha value is -1.16. The fourth-order valence-electron chi connectivity index (χ4n) is 0.876. The number of hydrogen-bond donors (Lipinski definition) is 1. The lowest BCUT2D eigenvalue weighted by Crippen LogP contribution is -2.29. The Morgan fingerprint density at radius 1 is 1.38 bits per heavy atom. The third kappa shape index (κ3) is 2.15. The van der Waals surface area contributed by atoms with E-state index in [1.807, 2.05) is 13.8 Å². The van der Waals surface area contributed by atoms with Crippen molar-refractivity contribution < 1.29 is 4.74 Å². The summed E-state index contributed by atoms with van der Waals surface area (Å²) >= 11 is 0. The predicted octanol–water partition coefficient (Wildman–Crippen LogP) is 0.722. The van der Waals surface area contributed by atoms with Crippen LogP contribution >= 0.6 is 0 Å². The molecule has 0 saturated carbocycles. The van der Waals surface area contributed by atoms with E-state index in [4.69, 9.17) is 10.5 Å². The van der Waals surface area contributed by atoms with Crippen molar-refractivity contribution in [3.05, 3.63) is 18.1 Å². The van der Waals surface area contributed by atoms with Crippen molar-refractivity contribution in [1.29, 1.82) is 0 Å². The summed E-state index contributed by atoms with van der Waals surface area (Å²) in [5.41, 5.74) is 6.37. The smallest absolute Gasteiger partial charge is 0.231 e. The van der Waals surface area contributed by atoms with Crippen molar-refractivity contribution in [1.82, 2.24) is 9.97 Å². The predicted molar refractivity (Wildman–Crippen MR) is 50.7 cm³/mol. The van der Waals surface area contributed by atoms with Crippen molar-refractivity contribution in [2.45, 2.75) is 19.3 Å². The second-order valence-corrected chi connectivity index (χ2v) is 3.53. The van der Waals surface area contributed by atoms with Gasteiger partial charge >= 0.3 is 0 Å². The van der Waals surface area contributed by atoms with Crippen molar-refractivity contribution in [2.24, 2.45) is 5.73 Å². The summed E-state index contributed by atoms with van der Waals surface area (Å²) in [6.45, 7) is 4.61. The van der Waals surface area contributed by atoms with Crippen LogP contribution in [0.25, 0.3) is 0 Å². The molecule has 1 heterocycles. The van der Waals surface area contributed by atoms with E-state index in [1.54, 1.807) is 19.5 Å². The molecule has 0 aliphatic carbocycles. The lowest BCUT2D eigenvalue weighted by molar-refractivity contribution is 0.392. The minimum absolute atomic E-state index is 0.126. The SMILES string of the molecule is COc1cnc(C(C)(C)CN)cn1. The minimum Gasteiger partial charge on any atom is -0.480 e. The molecule has 1 aromatic heterocycles. The fraction of sp³-hybridized carbons (Fsp3) is 0.556. The maximum atomic E-state index is 5.61. The molecular weight excluding hydrogens is 166 g/mol. The number of nitrogens with zero attached hydrogens (tertiary/aromatic N) is 2. The first kappa shape index (κ1) is 9.92. The van der Waals surface area contributed by atoms with Gasteiger partial charge in [-0.1, -0.05) is 13.8 Å². The summed E-state index contributed by atoms with van der Waals surface area (Å²) < 4.78 is 4.91. The van der Waals surface area contributed by atoms with Crippen molar-refractivity contribution in [2.75, 3.05) is 13.7 Å². The van der Waals surface area contributed by atoms with Gasteiger partial charge in [0.15, 0.2) is 0 Å². The van der Waals surface area contributed by atoms with Crippen LogP contribution in [0, 0.1) is 0 Å². The van der Waals surface area contributed by atoms with E-state index < -0.39 is 0 Å². The molecule has 1 aromatic rings. The van der Waals surface area contributed by atoms with E-state index in [9.17, 15) is 0 Å². The zero-order valence-corrected chi connectivity index (χ0v) is 8.24. The van der Waals surface area contributed by atoms with Gasteiger partial charge in [0.1, 0.15) is 0 Å². The number of nitrogens with two attached hydrogens (primary N) is 1. The Kier molecular flexibility index (Phi) is 2.83. The number of methoxy groups -OCH3 is 1. The van der Waals surface area contributed by atoms with Gasteiger partial charge in [-0.3, -0.25) is 4.98 Å². The molecule has 0 aromatic carbocycles. The van der Waals surface area contributed by atoms with Crippen LogP contribution in [0.5, 0.6) is 5.88 Å². The Morgan fingerprint density at radius 2 is 2.08 bits per heavy atom. The maximum absolute atomic E-state index is 5.61. The standard InChI is InChI=1S/C9H15N3O/c1-9(2,6-10)7-4-12-8(13-3)5-11-7/h4-5H,6,10H2,1-3H3. The lowest BCUT2D eigenvalue weighted by Gasteiger charge is -2.20. The van der Waals surface area contributed by atoms with Gasteiger partial charge in [0, 0.05) is 12.0 Å². The van der Waals surface area contributed by atoms with E-state index in [-0.39, 0.29) is 5.41 Å². The molecule has 0 aliphatic rings. The van der Waals surface area contributed by atoms with Crippen LogP contribution < -0.4 is 10.5 Å². The van der Waals surface area contributed by atoms with E-state index in [2.05, 4.69) is 9.97 Å². The molecule has 0 atom stereocenters. The molecular formula is C9H15N3O. The summed E-state index contributed by atoms with van der Waals surface area (Å²) in [5, 5.41) is 0. The van der Waals surface area contributed by atoms with Crippen LogP contribution in [0.15, 0.2) is 12.4 Å².